The van der Waals surface area contributed by atoms with Gasteiger partial charge in [0, 0.05) is 24.7 Å². The Balaban J connectivity index is 1.95. The van der Waals surface area contributed by atoms with E-state index in [9.17, 15) is 9.50 Å². The fourth-order valence-corrected chi connectivity index (χ4v) is 2.76. The molecule has 1 aliphatic rings. The van der Waals surface area contributed by atoms with Crippen LogP contribution >= 0.6 is 0 Å². The maximum absolute atomic E-state index is 13.6. The van der Waals surface area contributed by atoms with E-state index in [1.54, 1.807) is 18.2 Å². The minimum absolute atomic E-state index is 0.329. The highest BCUT2D eigenvalue weighted by Crippen LogP contribution is 2.20. The molecule has 0 aromatic heterocycles. The zero-order valence-electron chi connectivity index (χ0n) is 11.7. The van der Waals surface area contributed by atoms with Crippen molar-refractivity contribution in [3.8, 4) is 0 Å². The third-order valence-electron chi connectivity index (χ3n) is 3.95. The number of likely N-dealkylation sites (N-methyl/N-ethyl adjacent to an activating group) is 2. The van der Waals surface area contributed by atoms with Crippen LogP contribution in [0.5, 0.6) is 0 Å². The lowest BCUT2D eigenvalue weighted by Gasteiger charge is -2.36. The van der Waals surface area contributed by atoms with Gasteiger partial charge in [-0.3, -0.25) is 4.90 Å². The van der Waals surface area contributed by atoms with Crippen LogP contribution in [0.1, 0.15) is 24.5 Å². The molecule has 2 atom stereocenters. The molecule has 0 aliphatic carbocycles. The van der Waals surface area contributed by atoms with Crippen LogP contribution in [0, 0.1) is 5.82 Å². The van der Waals surface area contributed by atoms with E-state index in [-0.39, 0.29) is 5.82 Å². The van der Waals surface area contributed by atoms with Crippen molar-refractivity contribution in [2.75, 3.05) is 33.7 Å². The molecule has 1 aromatic carbocycles. The number of benzene rings is 1. The average Bonchev–Trinajstić information content (AvgIpc) is 2.39. The van der Waals surface area contributed by atoms with Gasteiger partial charge in [-0.05, 0) is 39.5 Å². The molecule has 1 saturated heterocycles. The van der Waals surface area contributed by atoms with Gasteiger partial charge in [-0.1, -0.05) is 18.2 Å². The second kappa shape index (κ2) is 6.46. The molecule has 0 radical (unpaired) electrons. The molecule has 0 bridgehead atoms. The lowest BCUT2D eigenvalue weighted by molar-refractivity contribution is 0.0725. The van der Waals surface area contributed by atoms with Crippen LogP contribution in [0.15, 0.2) is 24.3 Å². The minimum atomic E-state index is -0.765. The van der Waals surface area contributed by atoms with Gasteiger partial charge in [0.05, 0.1) is 6.10 Å². The maximum Gasteiger partial charge on any atom is 0.129 e. The number of piperidine rings is 1. The Hall–Kier alpha value is -0.970. The lowest BCUT2D eigenvalue weighted by Crippen LogP contribution is -2.46. The van der Waals surface area contributed by atoms with Gasteiger partial charge in [-0.25, -0.2) is 4.39 Å². The summed E-state index contributed by atoms with van der Waals surface area (Å²) in [6.45, 7) is 2.63. The Labute approximate surface area is 114 Å². The number of hydrogen-bond donors (Lipinski definition) is 1. The first-order valence-electron chi connectivity index (χ1n) is 6.89. The molecule has 0 spiro atoms. The van der Waals surface area contributed by atoms with Gasteiger partial charge >= 0.3 is 0 Å². The molecule has 1 aromatic rings. The second-order valence-electron chi connectivity index (χ2n) is 5.54. The normalized spacial score (nSPS) is 22.7. The topological polar surface area (TPSA) is 26.7 Å². The number of rotatable bonds is 4. The van der Waals surface area contributed by atoms with Crippen LogP contribution in [0.25, 0.3) is 0 Å². The average molecular weight is 266 g/mol. The van der Waals surface area contributed by atoms with E-state index in [0.29, 0.717) is 18.2 Å². The van der Waals surface area contributed by atoms with Crippen molar-refractivity contribution in [2.45, 2.75) is 25.0 Å². The Morgan fingerprint density at radius 1 is 1.47 bits per heavy atom. The molecule has 0 saturated carbocycles. The van der Waals surface area contributed by atoms with Gasteiger partial charge < -0.3 is 10.0 Å². The summed E-state index contributed by atoms with van der Waals surface area (Å²) in [4.78, 5) is 4.45. The van der Waals surface area contributed by atoms with Gasteiger partial charge in [-0.15, -0.1) is 0 Å². The first-order chi connectivity index (χ1) is 9.08. The van der Waals surface area contributed by atoms with Gasteiger partial charge in [-0.2, -0.15) is 0 Å². The number of nitrogens with zero attached hydrogens (tertiary/aromatic N) is 2. The summed E-state index contributed by atoms with van der Waals surface area (Å²) in [5, 5.41) is 10.2. The van der Waals surface area contributed by atoms with Crippen molar-refractivity contribution >= 4 is 0 Å². The highest BCUT2D eigenvalue weighted by atomic mass is 19.1. The third-order valence-corrected chi connectivity index (χ3v) is 3.95. The van der Waals surface area contributed by atoms with Crippen molar-refractivity contribution in [2.24, 2.45) is 0 Å². The van der Waals surface area contributed by atoms with Gasteiger partial charge in [0.15, 0.2) is 0 Å². The van der Waals surface area contributed by atoms with E-state index in [1.807, 2.05) is 7.05 Å². The molecule has 1 N–H and O–H groups in total. The van der Waals surface area contributed by atoms with E-state index in [1.165, 1.54) is 12.5 Å². The van der Waals surface area contributed by atoms with Crippen LogP contribution in [0.3, 0.4) is 0 Å². The summed E-state index contributed by atoms with van der Waals surface area (Å²) in [7, 11) is 4.13. The monoisotopic (exact) mass is 266 g/mol. The van der Waals surface area contributed by atoms with Crippen molar-refractivity contribution in [1.29, 1.82) is 0 Å². The smallest absolute Gasteiger partial charge is 0.129 e. The molecule has 3 nitrogen and oxygen atoms in total. The Morgan fingerprint density at radius 3 is 2.89 bits per heavy atom. The fraction of sp³-hybridized carbons (Fsp3) is 0.600. The van der Waals surface area contributed by atoms with Crippen molar-refractivity contribution in [3.05, 3.63) is 35.6 Å². The molecule has 19 heavy (non-hydrogen) atoms. The predicted molar refractivity (Wildman–Crippen MR) is 74.5 cm³/mol. The van der Waals surface area contributed by atoms with E-state index in [2.05, 4.69) is 16.8 Å². The Morgan fingerprint density at radius 2 is 2.21 bits per heavy atom. The largest absolute Gasteiger partial charge is 0.387 e. The van der Waals surface area contributed by atoms with Gasteiger partial charge in [0.1, 0.15) is 5.82 Å². The zero-order chi connectivity index (χ0) is 13.8. The summed E-state index contributed by atoms with van der Waals surface area (Å²) in [5.41, 5.74) is 0.388. The molecule has 0 amide bonds. The third kappa shape index (κ3) is 3.75. The fourth-order valence-electron chi connectivity index (χ4n) is 2.76. The summed E-state index contributed by atoms with van der Waals surface area (Å²) in [6.07, 6.45) is 1.56. The standard InChI is InChI=1S/C15H23FN2O/c1-17-9-5-6-12(10-17)18(2)11-15(19)13-7-3-4-8-14(13)16/h3-4,7-8,12,15,19H,5-6,9-11H2,1-2H3. The summed E-state index contributed by atoms with van der Waals surface area (Å²) in [6, 6.07) is 6.90. The van der Waals surface area contributed by atoms with Crippen molar-refractivity contribution in [1.82, 2.24) is 9.80 Å². The van der Waals surface area contributed by atoms with E-state index in [4.69, 9.17) is 0 Å². The predicted octanol–water partition coefficient (Wildman–Crippen LogP) is 1.89. The first kappa shape index (κ1) is 14.4. The minimum Gasteiger partial charge on any atom is -0.387 e. The van der Waals surface area contributed by atoms with Gasteiger partial charge in [0.25, 0.3) is 0 Å². The number of hydrogen-bond acceptors (Lipinski definition) is 3. The Kier molecular flexibility index (Phi) is 4.91. The lowest BCUT2D eigenvalue weighted by atomic mass is 10.0. The molecule has 1 aliphatic heterocycles. The molecule has 1 heterocycles. The SMILES string of the molecule is CN1CCCC(N(C)CC(O)c2ccccc2F)C1. The highest BCUT2D eigenvalue weighted by molar-refractivity contribution is 5.20. The van der Waals surface area contributed by atoms with Crippen LogP contribution in [0.2, 0.25) is 0 Å². The van der Waals surface area contributed by atoms with E-state index in [0.717, 1.165) is 19.5 Å². The van der Waals surface area contributed by atoms with Crippen LogP contribution in [-0.4, -0.2) is 54.7 Å². The van der Waals surface area contributed by atoms with Crippen molar-refractivity contribution < 1.29 is 9.50 Å². The maximum atomic E-state index is 13.6. The second-order valence-corrected chi connectivity index (χ2v) is 5.54. The molecule has 2 rings (SSSR count). The highest BCUT2D eigenvalue weighted by Gasteiger charge is 2.23. The number of aliphatic hydroxyl groups excluding tert-OH is 1. The van der Waals surface area contributed by atoms with E-state index >= 15 is 0 Å². The zero-order valence-corrected chi connectivity index (χ0v) is 11.7. The number of likely N-dealkylation sites (tertiary alicyclic amines) is 1. The molecule has 106 valence electrons. The number of halogens is 1. The van der Waals surface area contributed by atoms with Crippen LogP contribution in [-0.2, 0) is 0 Å². The van der Waals surface area contributed by atoms with Crippen LogP contribution < -0.4 is 0 Å². The van der Waals surface area contributed by atoms with Crippen LogP contribution in [0.4, 0.5) is 4.39 Å². The summed E-state index contributed by atoms with van der Waals surface area (Å²) >= 11 is 0. The summed E-state index contributed by atoms with van der Waals surface area (Å²) in [5.74, 6) is -0.329. The van der Waals surface area contributed by atoms with Gasteiger partial charge in [0.2, 0.25) is 0 Å². The van der Waals surface area contributed by atoms with Crippen molar-refractivity contribution in [3.63, 3.8) is 0 Å². The summed E-state index contributed by atoms with van der Waals surface area (Å²) < 4.78 is 13.6. The Bertz CT molecular complexity index is 413. The molecular formula is C15H23FN2O. The molecule has 2 unspecified atom stereocenters. The number of aliphatic hydroxyl groups is 1. The molecular weight excluding hydrogens is 243 g/mol. The molecule has 1 fully saturated rings. The van der Waals surface area contributed by atoms with E-state index < -0.39 is 6.10 Å². The first-order valence-corrected chi connectivity index (χ1v) is 6.89. The quantitative estimate of drug-likeness (QED) is 0.901. The molecule has 4 heteroatoms.